The van der Waals surface area contributed by atoms with Gasteiger partial charge in [0.25, 0.3) is 0 Å². The van der Waals surface area contributed by atoms with Gasteiger partial charge in [0, 0.05) is 30.5 Å². The molecule has 1 unspecified atom stereocenters. The minimum absolute atomic E-state index is 0.0256. The van der Waals surface area contributed by atoms with Crippen LogP contribution in [0.25, 0.3) is 17.2 Å². The number of sulfonamides is 1. The minimum atomic E-state index is -3.76. The third kappa shape index (κ3) is 5.30. The van der Waals surface area contributed by atoms with Crippen molar-refractivity contribution in [2.75, 3.05) is 12.9 Å². The van der Waals surface area contributed by atoms with Gasteiger partial charge in [-0.05, 0) is 54.5 Å². The van der Waals surface area contributed by atoms with Gasteiger partial charge >= 0.3 is 0 Å². The molecule has 1 heterocycles. The number of nitrogens with zero attached hydrogens (tertiary/aromatic N) is 1. The molecule has 4 nitrogen and oxygen atoms in total. The Bertz CT molecular complexity index is 1140. The molecule has 4 rings (SSSR count). The van der Waals surface area contributed by atoms with Gasteiger partial charge in [-0.25, -0.2) is 30.7 Å². The summed E-state index contributed by atoms with van der Waals surface area (Å²) in [6.07, 6.45) is 5.48. The largest absolute Gasteiger partial charge is 0.256 e. The summed E-state index contributed by atoms with van der Waals surface area (Å²) in [5.74, 6) is -4.48. The lowest BCUT2D eigenvalue weighted by atomic mass is 9.75. The monoisotopic (exact) mass is 482 g/mol. The lowest BCUT2D eigenvalue weighted by Crippen LogP contribution is -2.53. The van der Waals surface area contributed by atoms with Gasteiger partial charge in [0.15, 0.2) is 0 Å². The lowest BCUT2D eigenvalue weighted by Gasteiger charge is -2.35. The topological polar surface area (TPSA) is 59.1 Å². The van der Waals surface area contributed by atoms with Gasteiger partial charge in [-0.15, -0.1) is 0 Å². The zero-order chi connectivity index (χ0) is 23.9. The molecule has 0 saturated heterocycles. The van der Waals surface area contributed by atoms with Crippen LogP contribution in [-0.2, 0) is 10.0 Å². The number of nitrogens with one attached hydrogen (secondary N) is 1. The summed E-state index contributed by atoms with van der Waals surface area (Å²) in [6.45, 7) is -0.987. The number of alkyl halides is 3. The first-order valence-corrected chi connectivity index (χ1v) is 12.7. The van der Waals surface area contributed by atoms with Crippen molar-refractivity contribution in [1.29, 1.82) is 0 Å². The van der Waals surface area contributed by atoms with Gasteiger partial charge in [0.05, 0.1) is 17.5 Å². The molecular formula is C24H26F4N2O2S. The molecule has 4 atom stereocenters. The standard InChI is InChI=1S/C24H26F4N2O2S/c1-33(31,32)30-23(15-25)12-18-13-24(27,28)10-9-21(18)22(23)8-7-20-6-5-17(14-29-20)16-3-2-4-19(26)11-16/h2-8,11,14,18,21-22,30H,9-10,12-13,15H2,1H3/b8-7+/t18-,21-,22+,23?/m1/s1. The van der Waals surface area contributed by atoms with Crippen LogP contribution in [0.2, 0.25) is 0 Å². The van der Waals surface area contributed by atoms with E-state index in [-0.39, 0.29) is 37.4 Å². The van der Waals surface area contributed by atoms with Gasteiger partial charge in [-0.2, -0.15) is 0 Å². The average molecular weight is 483 g/mol. The Labute approximate surface area is 191 Å². The van der Waals surface area contributed by atoms with Gasteiger partial charge in [-0.3, -0.25) is 4.98 Å². The van der Waals surface area contributed by atoms with Crippen LogP contribution in [0, 0.1) is 23.6 Å². The second-order valence-corrected chi connectivity index (χ2v) is 11.0. The highest BCUT2D eigenvalue weighted by molar-refractivity contribution is 7.88. The Morgan fingerprint density at radius 3 is 2.61 bits per heavy atom. The molecule has 1 aromatic heterocycles. The molecule has 9 heteroatoms. The minimum Gasteiger partial charge on any atom is -0.256 e. The number of hydrogen-bond acceptors (Lipinski definition) is 3. The Morgan fingerprint density at radius 1 is 1.18 bits per heavy atom. The normalized spacial score (nSPS) is 29.3. The first kappa shape index (κ1) is 23.9. The number of halogens is 4. The van der Waals surface area contributed by atoms with Crippen LogP contribution >= 0.6 is 0 Å². The molecule has 0 radical (unpaired) electrons. The van der Waals surface area contributed by atoms with E-state index in [1.165, 1.54) is 12.1 Å². The zero-order valence-corrected chi connectivity index (χ0v) is 19.0. The third-order valence-electron chi connectivity index (χ3n) is 6.78. The molecule has 1 N–H and O–H groups in total. The Hall–Kier alpha value is -2.26. The predicted octanol–water partition coefficient (Wildman–Crippen LogP) is 5.23. The van der Waals surface area contributed by atoms with Crippen molar-refractivity contribution in [3.63, 3.8) is 0 Å². The molecule has 2 aliphatic rings. The summed E-state index contributed by atoms with van der Waals surface area (Å²) in [4.78, 5) is 4.36. The van der Waals surface area contributed by atoms with E-state index in [0.29, 0.717) is 11.3 Å². The molecule has 2 aliphatic carbocycles. The summed E-state index contributed by atoms with van der Waals surface area (Å²) < 4.78 is 82.4. The van der Waals surface area contributed by atoms with Crippen molar-refractivity contribution >= 4 is 16.1 Å². The van der Waals surface area contributed by atoms with E-state index in [0.717, 1.165) is 11.8 Å². The average Bonchev–Trinajstić information content (AvgIpc) is 3.02. The predicted molar refractivity (Wildman–Crippen MR) is 119 cm³/mol. The Balaban J connectivity index is 1.61. The SMILES string of the molecule is CS(=O)(=O)NC1(CF)C[C@@H]2CC(F)(F)CC[C@H]2[C@@H]1/C=C/c1ccc(-c2cccc(F)c2)cn1. The van der Waals surface area contributed by atoms with E-state index in [1.807, 2.05) is 0 Å². The molecular weight excluding hydrogens is 456 g/mol. The maximum atomic E-state index is 14.4. The van der Waals surface area contributed by atoms with Crippen molar-refractivity contribution in [3.8, 4) is 11.1 Å². The van der Waals surface area contributed by atoms with Crippen molar-refractivity contribution < 1.29 is 26.0 Å². The van der Waals surface area contributed by atoms with Crippen molar-refractivity contribution in [1.82, 2.24) is 9.71 Å². The molecule has 0 aliphatic heterocycles. The van der Waals surface area contributed by atoms with E-state index in [2.05, 4.69) is 9.71 Å². The van der Waals surface area contributed by atoms with Crippen LogP contribution in [0.3, 0.4) is 0 Å². The van der Waals surface area contributed by atoms with E-state index >= 15 is 0 Å². The van der Waals surface area contributed by atoms with Crippen LogP contribution in [0.15, 0.2) is 48.7 Å². The van der Waals surface area contributed by atoms with Crippen LogP contribution in [0.1, 0.15) is 31.4 Å². The number of aromatic nitrogens is 1. The molecule has 2 aromatic rings. The smallest absolute Gasteiger partial charge is 0.248 e. The fourth-order valence-electron chi connectivity index (χ4n) is 5.48. The second kappa shape index (κ2) is 8.83. The summed E-state index contributed by atoms with van der Waals surface area (Å²) in [7, 11) is -3.76. The van der Waals surface area contributed by atoms with Crippen LogP contribution in [0.5, 0.6) is 0 Å². The van der Waals surface area contributed by atoms with Crippen molar-refractivity contribution in [3.05, 3.63) is 60.2 Å². The third-order valence-corrected chi connectivity index (χ3v) is 7.56. The van der Waals surface area contributed by atoms with Crippen LogP contribution < -0.4 is 4.72 Å². The van der Waals surface area contributed by atoms with Crippen molar-refractivity contribution in [2.45, 2.75) is 37.1 Å². The first-order chi connectivity index (χ1) is 15.5. The maximum Gasteiger partial charge on any atom is 0.248 e. The van der Waals surface area contributed by atoms with E-state index in [1.54, 1.807) is 42.6 Å². The van der Waals surface area contributed by atoms with E-state index < -0.39 is 40.0 Å². The molecule has 33 heavy (non-hydrogen) atoms. The quantitative estimate of drug-likeness (QED) is 0.574. The van der Waals surface area contributed by atoms with Crippen LogP contribution in [-0.4, -0.2) is 37.8 Å². The molecule has 0 amide bonds. The highest BCUT2D eigenvalue weighted by Crippen LogP contribution is 2.55. The molecule has 2 saturated carbocycles. The van der Waals surface area contributed by atoms with Gasteiger partial charge in [-0.1, -0.05) is 24.3 Å². The highest BCUT2D eigenvalue weighted by atomic mass is 32.2. The van der Waals surface area contributed by atoms with Gasteiger partial charge in [0.1, 0.15) is 12.5 Å². The molecule has 2 fully saturated rings. The number of hydrogen-bond donors (Lipinski definition) is 1. The van der Waals surface area contributed by atoms with Gasteiger partial charge in [0.2, 0.25) is 15.9 Å². The fraction of sp³-hybridized carbons (Fsp3) is 0.458. The number of benzene rings is 1. The molecule has 0 spiro atoms. The van der Waals surface area contributed by atoms with E-state index in [4.69, 9.17) is 0 Å². The number of rotatable bonds is 6. The maximum absolute atomic E-state index is 14.4. The Kier molecular flexibility index (Phi) is 6.39. The first-order valence-electron chi connectivity index (χ1n) is 10.8. The van der Waals surface area contributed by atoms with Gasteiger partial charge < -0.3 is 0 Å². The number of pyridine rings is 1. The highest BCUT2D eigenvalue weighted by Gasteiger charge is 2.57. The van der Waals surface area contributed by atoms with Crippen molar-refractivity contribution in [2.24, 2.45) is 17.8 Å². The van der Waals surface area contributed by atoms with Crippen LogP contribution in [0.4, 0.5) is 17.6 Å². The summed E-state index contributed by atoms with van der Waals surface area (Å²) in [6, 6.07) is 9.62. The number of fused-ring (bicyclic) bond motifs is 1. The summed E-state index contributed by atoms with van der Waals surface area (Å²) >= 11 is 0. The molecule has 1 aromatic carbocycles. The zero-order valence-electron chi connectivity index (χ0n) is 18.1. The summed E-state index contributed by atoms with van der Waals surface area (Å²) in [5.41, 5.74) is 0.487. The molecule has 0 bridgehead atoms. The summed E-state index contributed by atoms with van der Waals surface area (Å²) in [5, 5.41) is 0. The Morgan fingerprint density at radius 2 is 1.97 bits per heavy atom. The molecule has 178 valence electrons. The second-order valence-electron chi connectivity index (χ2n) is 9.26. The fourth-order valence-corrected chi connectivity index (χ4v) is 6.49. The lowest BCUT2D eigenvalue weighted by molar-refractivity contribution is -0.0659. The van der Waals surface area contributed by atoms with E-state index in [9.17, 15) is 26.0 Å².